The number of hydrogen-bond acceptors (Lipinski definition) is 5. The number of hydrogen-bond donors (Lipinski definition) is 2. The minimum atomic E-state index is -0.397. The quantitative estimate of drug-likeness (QED) is 0.438. The number of ether oxygens (including phenoxy) is 1. The number of fused-ring (bicyclic) bond motifs is 1. The van der Waals surface area contributed by atoms with E-state index < -0.39 is 5.92 Å². The molecule has 0 aliphatic carbocycles. The van der Waals surface area contributed by atoms with Crippen LogP contribution in [0.3, 0.4) is 0 Å². The van der Waals surface area contributed by atoms with Crippen molar-refractivity contribution in [3.8, 4) is 5.75 Å². The summed E-state index contributed by atoms with van der Waals surface area (Å²) >= 11 is 1.43. The van der Waals surface area contributed by atoms with E-state index in [1.807, 2.05) is 61.5 Å². The number of rotatable bonds is 7. The predicted octanol–water partition coefficient (Wildman–Crippen LogP) is 4.33. The molecule has 0 spiro atoms. The molecule has 7 heteroatoms. The molecular weight excluding hydrogens is 398 g/mol. The number of H-pyrrole nitrogens is 1. The van der Waals surface area contributed by atoms with Crippen LogP contribution in [-0.4, -0.2) is 22.5 Å². The van der Waals surface area contributed by atoms with Crippen molar-refractivity contribution in [3.63, 3.8) is 0 Å². The Kier molecular flexibility index (Phi) is 6.18. The van der Waals surface area contributed by atoms with Crippen LogP contribution in [-0.2, 0) is 10.5 Å². The molecule has 0 saturated carbocycles. The van der Waals surface area contributed by atoms with Gasteiger partial charge in [0.25, 0.3) is 5.56 Å². The summed E-state index contributed by atoms with van der Waals surface area (Å²) in [5, 5.41) is 3.26. The number of benzene rings is 2. The smallest absolute Gasteiger partial charge is 0.257 e. The van der Waals surface area contributed by atoms with Gasteiger partial charge in [-0.1, -0.05) is 67.2 Å². The molecule has 4 rings (SSSR count). The molecule has 0 saturated heterocycles. The van der Waals surface area contributed by atoms with E-state index in [-0.39, 0.29) is 17.9 Å². The fourth-order valence-electron chi connectivity index (χ4n) is 3.52. The van der Waals surface area contributed by atoms with Gasteiger partial charge in [0.05, 0.1) is 12.2 Å². The normalized spacial score (nSPS) is 15.4. The van der Waals surface area contributed by atoms with Crippen LogP contribution < -0.4 is 15.6 Å². The number of nitrogens with zero attached hydrogens (tertiary/aromatic N) is 1. The van der Waals surface area contributed by atoms with Crippen LogP contribution >= 0.6 is 11.8 Å². The number of nitrogens with one attached hydrogen (secondary N) is 2. The number of anilines is 1. The van der Waals surface area contributed by atoms with Crippen molar-refractivity contribution >= 4 is 23.5 Å². The number of para-hydroxylation sites is 1. The molecule has 0 unspecified atom stereocenters. The summed E-state index contributed by atoms with van der Waals surface area (Å²) in [6, 6.07) is 17.5. The monoisotopic (exact) mass is 421 g/mol. The predicted molar refractivity (Wildman–Crippen MR) is 118 cm³/mol. The third-order valence-electron chi connectivity index (χ3n) is 4.90. The topological polar surface area (TPSA) is 84.1 Å². The van der Waals surface area contributed by atoms with Crippen molar-refractivity contribution in [3.05, 3.63) is 81.6 Å². The Morgan fingerprint density at radius 3 is 2.67 bits per heavy atom. The Bertz CT molecular complexity index is 1100. The van der Waals surface area contributed by atoms with E-state index in [1.165, 1.54) is 11.8 Å². The number of aromatic nitrogens is 2. The molecule has 1 aromatic heterocycles. The van der Waals surface area contributed by atoms with Crippen molar-refractivity contribution < 1.29 is 9.53 Å². The van der Waals surface area contributed by atoms with E-state index in [9.17, 15) is 9.59 Å². The van der Waals surface area contributed by atoms with Crippen LogP contribution in [0.4, 0.5) is 5.82 Å². The third kappa shape index (κ3) is 4.41. The summed E-state index contributed by atoms with van der Waals surface area (Å²) in [6.07, 6.45) is 1.06. The van der Waals surface area contributed by atoms with Gasteiger partial charge in [0.15, 0.2) is 5.16 Å². The number of carbonyl (C=O) groups excluding carboxylic acids is 1. The van der Waals surface area contributed by atoms with Crippen LogP contribution in [0.15, 0.2) is 64.5 Å². The van der Waals surface area contributed by atoms with Gasteiger partial charge in [0.2, 0.25) is 5.91 Å². The molecule has 6 nitrogen and oxygen atoms in total. The first kappa shape index (κ1) is 20.2. The number of aromatic amines is 1. The highest BCUT2D eigenvalue weighted by molar-refractivity contribution is 7.98. The van der Waals surface area contributed by atoms with E-state index in [0.29, 0.717) is 34.6 Å². The van der Waals surface area contributed by atoms with Crippen LogP contribution in [0.5, 0.6) is 5.75 Å². The third-order valence-corrected chi connectivity index (χ3v) is 5.85. The largest absolute Gasteiger partial charge is 0.493 e. The van der Waals surface area contributed by atoms with Gasteiger partial charge in [0, 0.05) is 23.7 Å². The zero-order valence-electron chi connectivity index (χ0n) is 16.7. The Balaban J connectivity index is 1.67. The molecule has 2 aromatic carbocycles. The Morgan fingerprint density at radius 1 is 1.10 bits per heavy atom. The zero-order chi connectivity index (χ0) is 20.9. The molecule has 30 heavy (non-hydrogen) atoms. The van der Waals surface area contributed by atoms with Gasteiger partial charge in [-0.05, 0) is 18.1 Å². The summed E-state index contributed by atoms with van der Waals surface area (Å²) in [5.74, 6) is 1.15. The Hall–Kier alpha value is -3.06. The molecule has 0 fully saturated rings. The van der Waals surface area contributed by atoms with Crippen LogP contribution in [0.25, 0.3) is 0 Å². The molecule has 3 aromatic rings. The van der Waals surface area contributed by atoms with E-state index in [1.54, 1.807) is 0 Å². The first-order valence-electron chi connectivity index (χ1n) is 9.98. The first-order chi connectivity index (χ1) is 14.7. The minimum absolute atomic E-state index is 0.157. The molecule has 1 aliphatic heterocycles. The highest BCUT2D eigenvalue weighted by Gasteiger charge is 2.32. The van der Waals surface area contributed by atoms with E-state index in [0.717, 1.165) is 17.5 Å². The zero-order valence-corrected chi connectivity index (χ0v) is 17.5. The summed E-state index contributed by atoms with van der Waals surface area (Å²) in [7, 11) is 0. The van der Waals surface area contributed by atoms with Gasteiger partial charge in [-0.2, -0.15) is 0 Å². The summed E-state index contributed by atoms with van der Waals surface area (Å²) in [5.41, 5.74) is 2.21. The van der Waals surface area contributed by atoms with Crippen molar-refractivity contribution in [2.75, 3.05) is 11.9 Å². The van der Waals surface area contributed by atoms with Gasteiger partial charge >= 0.3 is 0 Å². The molecule has 1 aliphatic rings. The maximum Gasteiger partial charge on any atom is 0.257 e. The second kappa shape index (κ2) is 9.17. The van der Waals surface area contributed by atoms with E-state index in [4.69, 9.17) is 4.74 Å². The maximum atomic E-state index is 13.0. The number of amides is 1. The first-order valence-corrected chi connectivity index (χ1v) is 11.0. The standard InChI is InChI=1S/C23H23N3O3S/c1-2-12-29-18-11-7-6-10-16(18)17-13-19(27)24-21-20(17)22(28)26-23(25-21)30-14-15-8-4-3-5-9-15/h3-11,17H,2,12-14H2,1H3,(H2,24,25,26,27,28)/t17-/m1/s1. The SMILES string of the molecule is CCCOc1ccccc1[C@H]1CC(=O)Nc2nc(SCc3ccccc3)[nH]c(=O)c21. The molecule has 1 atom stereocenters. The lowest BCUT2D eigenvalue weighted by Gasteiger charge is -2.26. The highest BCUT2D eigenvalue weighted by atomic mass is 32.2. The maximum absolute atomic E-state index is 13.0. The fraction of sp³-hybridized carbons (Fsp3) is 0.261. The van der Waals surface area contributed by atoms with Gasteiger partial charge in [-0.3, -0.25) is 9.59 Å². The van der Waals surface area contributed by atoms with Crippen LogP contribution in [0, 0.1) is 0 Å². The summed E-state index contributed by atoms with van der Waals surface area (Å²) in [6.45, 7) is 2.61. The van der Waals surface area contributed by atoms with Crippen molar-refractivity contribution in [2.45, 2.75) is 36.6 Å². The Morgan fingerprint density at radius 2 is 1.87 bits per heavy atom. The van der Waals surface area contributed by atoms with Crippen molar-refractivity contribution in [2.24, 2.45) is 0 Å². The van der Waals surface area contributed by atoms with Crippen molar-refractivity contribution in [1.29, 1.82) is 0 Å². The fourth-order valence-corrected chi connectivity index (χ4v) is 4.34. The second-order valence-electron chi connectivity index (χ2n) is 7.10. The van der Waals surface area contributed by atoms with Gasteiger partial charge in [-0.15, -0.1) is 0 Å². The molecule has 0 bridgehead atoms. The van der Waals surface area contributed by atoms with Crippen LogP contribution in [0.2, 0.25) is 0 Å². The van der Waals surface area contributed by atoms with Gasteiger partial charge in [0.1, 0.15) is 11.6 Å². The lowest BCUT2D eigenvalue weighted by molar-refractivity contribution is -0.116. The number of thioether (sulfide) groups is 1. The molecule has 0 radical (unpaired) electrons. The second-order valence-corrected chi connectivity index (χ2v) is 8.06. The highest BCUT2D eigenvalue weighted by Crippen LogP contribution is 2.38. The molecule has 154 valence electrons. The van der Waals surface area contributed by atoms with Gasteiger partial charge in [-0.25, -0.2) is 4.98 Å². The van der Waals surface area contributed by atoms with E-state index in [2.05, 4.69) is 15.3 Å². The number of carbonyl (C=O) groups is 1. The van der Waals surface area contributed by atoms with Gasteiger partial charge < -0.3 is 15.0 Å². The average Bonchev–Trinajstić information content (AvgIpc) is 2.76. The lowest BCUT2D eigenvalue weighted by atomic mass is 9.86. The molecule has 1 amide bonds. The minimum Gasteiger partial charge on any atom is -0.493 e. The summed E-state index contributed by atoms with van der Waals surface area (Å²) in [4.78, 5) is 32.9. The average molecular weight is 422 g/mol. The summed E-state index contributed by atoms with van der Waals surface area (Å²) < 4.78 is 5.87. The van der Waals surface area contributed by atoms with E-state index >= 15 is 0 Å². The van der Waals surface area contributed by atoms with Crippen molar-refractivity contribution in [1.82, 2.24) is 9.97 Å². The molecule has 2 heterocycles. The lowest BCUT2D eigenvalue weighted by Crippen LogP contribution is -2.31. The van der Waals surface area contributed by atoms with Crippen LogP contribution in [0.1, 0.15) is 42.4 Å². The Labute approximate surface area is 179 Å². The molecular formula is C23H23N3O3S. The molecule has 2 N–H and O–H groups in total.